The van der Waals surface area contributed by atoms with Crippen molar-refractivity contribution in [1.29, 1.82) is 0 Å². The largest absolute Gasteiger partial charge is 0.353 e. The van der Waals surface area contributed by atoms with Gasteiger partial charge in [0, 0.05) is 38.1 Å². The van der Waals surface area contributed by atoms with E-state index in [0.717, 1.165) is 43.3 Å². The first-order valence-electron chi connectivity index (χ1n) is 9.90. The molecule has 2 aromatic rings. The number of amides is 1. The second-order valence-electron chi connectivity index (χ2n) is 7.58. The van der Waals surface area contributed by atoms with Crippen LogP contribution < -0.4 is 5.32 Å². The summed E-state index contributed by atoms with van der Waals surface area (Å²) in [5, 5.41) is 4.05. The Labute approximate surface area is 172 Å². The number of hydrogen-bond acceptors (Lipinski definition) is 4. The van der Waals surface area contributed by atoms with Crippen LogP contribution in [0.25, 0.3) is 5.69 Å². The number of nitrogens with zero attached hydrogens (tertiary/aromatic N) is 3. The van der Waals surface area contributed by atoms with Crippen molar-refractivity contribution in [2.75, 3.05) is 25.4 Å². The molecule has 150 valence electrons. The lowest BCUT2D eigenvalue weighted by Crippen LogP contribution is -2.45. The van der Waals surface area contributed by atoms with E-state index in [4.69, 9.17) is 0 Å². The highest BCUT2D eigenvalue weighted by molar-refractivity contribution is 7.99. The molecular formula is C22H30N4OS. The van der Waals surface area contributed by atoms with E-state index < -0.39 is 0 Å². The summed E-state index contributed by atoms with van der Waals surface area (Å²) in [5.74, 6) is 0.480. The van der Waals surface area contributed by atoms with E-state index in [0.29, 0.717) is 5.75 Å². The lowest BCUT2D eigenvalue weighted by molar-refractivity contribution is -0.119. The van der Waals surface area contributed by atoms with E-state index in [9.17, 15) is 4.79 Å². The fourth-order valence-corrected chi connectivity index (χ4v) is 4.16. The van der Waals surface area contributed by atoms with Crippen molar-refractivity contribution in [2.24, 2.45) is 0 Å². The highest BCUT2D eigenvalue weighted by Gasteiger charge is 2.20. The van der Waals surface area contributed by atoms with Gasteiger partial charge in [-0.15, -0.1) is 0 Å². The number of aromatic nitrogens is 2. The fraction of sp³-hybridized carbons (Fsp3) is 0.455. The molecule has 0 bridgehead atoms. The number of likely N-dealkylation sites (tertiary alicyclic amines) is 1. The van der Waals surface area contributed by atoms with E-state index >= 15 is 0 Å². The van der Waals surface area contributed by atoms with Crippen LogP contribution in [0, 0.1) is 6.92 Å². The molecule has 1 fully saturated rings. The number of rotatable bonds is 7. The van der Waals surface area contributed by atoms with Crippen LogP contribution in [0.3, 0.4) is 0 Å². The lowest BCUT2D eigenvalue weighted by Gasteiger charge is -2.31. The van der Waals surface area contributed by atoms with E-state index in [1.54, 1.807) is 6.20 Å². The summed E-state index contributed by atoms with van der Waals surface area (Å²) in [5.41, 5.74) is 3.65. The molecule has 1 aliphatic rings. The van der Waals surface area contributed by atoms with E-state index in [-0.39, 0.29) is 11.9 Å². The van der Waals surface area contributed by atoms with Gasteiger partial charge in [-0.3, -0.25) is 14.3 Å². The molecule has 0 saturated carbocycles. The van der Waals surface area contributed by atoms with Crippen LogP contribution in [0.15, 0.2) is 53.5 Å². The van der Waals surface area contributed by atoms with Crippen LogP contribution in [-0.2, 0) is 4.79 Å². The average Bonchev–Trinajstić information content (AvgIpc) is 3.14. The van der Waals surface area contributed by atoms with Crippen molar-refractivity contribution in [2.45, 2.75) is 44.8 Å². The van der Waals surface area contributed by atoms with Gasteiger partial charge >= 0.3 is 0 Å². The average molecular weight is 399 g/mol. The number of piperidine rings is 1. The summed E-state index contributed by atoms with van der Waals surface area (Å²) in [6, 6.07) is 8.49. The topological polar surface area (TPSA) is 50.2 Å². The molecule has 1 aliphatic heterocycles. The molecule has 0 spiro atoms. The summed E-state index contributed by atoms with van der Waals surface area (Å²) in [6.07, 6.45) is 8.04. The van der Waals surface area contributed by atoms with Gasteiger partial charge in [0.2, 0.25) is 5.91 Å². The number of carbonyl (C=O) groups excluding carboxylic acids is 1. The molecule has 1 aromatic heterocycles. The van der Waals surface area contributed by atoms with Crippen molar-refractivity contribution < 1.29 is 4.79 Å². The van der Waals surface area contributed by atoms with Crippen LogP contribution in [0.4, 0.5) is 0 Å². The molecule has 0 radical (unpaired) electrons. The molecule has 0 atom stereocenters. The van der Waals surface area contributed by atoms with Gasteiger partial charge in [0.25, 0.3) is 0 Å². The number of hydrogen-bond donors (Lipinski definition) is 1. The Balaban J connectivity index is 1.47. The van der Waals surface area contributed by atoms with Gasteiger partial charge in [0.1, 0.15) is 0 Å². The zero-order chi connectivity index (χ0) is 19.9. The second kappa shape index (κ2) is 9.94. The van der Waals surface area contributed by atoms with E-state index in [2.05, 4.69) is 58.7 Å². The molecule has 28 heavy (non-hydrogen) atoms. The Kier molecular flexibility index (Phi) is 7.34. The molecule has 1 N–H and O–H groups in total. The summed E-state index contributed by atoms with van der Waals surface area (Å²) in [7, 11) is 0. The molecule has 5 nitrogen and oxygen atoms in total. The number of para-hydroxylation sites is 1. The summed E-state index contributed by atoms with van der Waals surface area (Å²) >= 11 is 1.49. The van der Waals surface area contributed by atoms with Gasteiger partial charge in [0.05, 0.1) is 11.4 Å². The SMILES string of the molecule is CC(C)=CCN1CCC(NC(=O)CSc2nccn2-c2ccccc2C)CC1. The van der Waals surface area contributed by atoms with Crippen LogP contribution >= 0.6 is 11.8 Å². The quantitative estimate of drug-likeness (QED) is 0.569. The maximum Gasteiger partial charge on any atom is 0.230 e. The van der Waals surface area contributed by atoms with E-state index in [1.807, 2.05) is 18.3 Å². The van der Waals surface area contributed by atoms with Crippen LogP contribution in [-0.4, -0.2) is 51.8 Å². The number of carbonyl (C=O) groups is 1. The zero-order valence-corrected chi connectivity index (χ0v) is 17.8. The summed E-state index contributed by atoms with van der Waals surface area (Å²) in [6.45, 7) is 9.45. The van der Waals surface area contributed by atoms with Gasteiger partial charge in [-0.05, 0) is 45.2 Å². The predicted octanol–water partition coefficient (Wildman–Crippen LogP) is 3.82. The first-order valence-corrected chi connectivity index (χ1v) is 10.9. The van der Waals surface area contributed by atoms with Crippen molar-refractivity contribution in [3.05, 3.63) is 53.9 Å². The van der Waals surface area contributed by atoms with E-state index in [1.165, 1.54) is 22.9 Å². The molecular weight excluding hydrogens is 368 g/mol. The number of imidazole rings is 1. The summed E-state index contributed by atoms with van der Waals surface area (Å²) < 4.78 is 2.05. The minimum absolute atomic E-state index is 0.0899. The number of thioether (sulfide) groups is 1. The monoisotopic (exact) mass is 398 g/mol. The molecule has 2 heterocycles. The van der Waals surface area contributed by atoms with Crippen LogP contribution in [0.5, 0.6) is 0 Å². The van der Waals surface area contributed by atoms with Crippen LogP contribution in [0.2, 0.25) is 0 Å². The van der Waals surface area contributed by atoms with Gasteiger partial charge in [0.15, 0.2) is 5.16 Å². The highest BCUT2D eigenvalue weighted by atomic mass is 32.2. The third-order valence-corrected chi connectivity index (χ3v) is 5.99. The third-order valence-electron chi connectivity index (χ3n) is 5.02. The van der Waals surface area contributed by atoms with Crippen molar-refractivity contribution in [3.63, 3.8) is 0 Å². The highest BCUT2D eigenvalue weighted by Crippen LogP contribution is 2.22. The zero-order valence-electron chi connectivity index (χ0n) is 17.0. The Hall–Kier alpha value is -2.05. The standard InChI is InChI=1S/C22H30N4OS/c1-17(2)8-12-25-13-9-19(10-14-25)24-21(27)16-28-22-23-11-15-26(22)20-7-5-4-6-18(20)3/h4-8,11,15,19H,9-10,12-14,16H2,1-3H3,(H,24,27). The third kappa shape index (κ3) is 5.72. The van der Waals surface area contributed by atoms with Crippen molar-refractivity contribution in [3.8, 4) is 5.69 Å². The molecule has 3 rings (SSSR count). The molecule has 1 aromatic carbocycles. The minimum atomic E-state index is 0.0899. The molecule has 6 heteroatoms. The van der Waals surface area contributed by atoms with Crippen molar-refractivity contribution in [1.82, 2.24) is 19.8 Å². The number of allylic oxidation sites excluding steroid dienone is 1. The Morgan fingerprint density at radius 1 is 1.29 bits per heavy atom. The maximum atomic E-state index is 12.4. The number of nitrogens with one attached hydrogen (secondary N) is 1. The molecule has 1 amide bonds. The van der Waals surface area contributed by atoms with Gasteiger partial charge in [-0.25, -0.2) is 4.98 Å². The maximum absolute atomic E-state index is 12.4. The molecule has 0 unspecified atom stereocenters. The van der Waals surface area contributed by atoms with Gasteiger partial charge in [-0.1, -0.05) is 41.6 Å². The lowest BCUT2D eigenvalue weighted by atomic mass is 10.0. The molecule has 0 aliphatic carbocycles. The Morgan fingerprint density at radius 2 is 2.04 bits per heavy atom. The Bertz CT molecular complexity index is 817. The van der Waals surface area contributed by atoms with Gasteiger partial charge < -0.3 is 5.32 Å². The first-order chi connectivity index (χ1) is 13.5. The van der Waals surface area contributed by atoms with Crippen LogP contribution in [0.1, 0.15) is 32.3 Å². The second-order valence-corrected chi connectivity index (χ2v) is 8.52. The predicted molar refractivity (Wildman–Crippen MR) is 116 cm³/mol. The molecule has 1 saturated heterocycles. The van der Waals surface area contributed by atoms with Gasteiger partial charge in [-0.2, -0.15) is 0 Å². The smallest absolute Gasteiger partial charge is 0.230 e. The minimum Gasteiger partial charge on any atom is -0.353 e. The number of aryl methyl sites for hydroxylation is 1. The van der Waals surface area contributed by atoms with Crippen molar-refractivity contribution >= 4 is 17.7 Å². The summed E-state index contributed by atoms with van der Waals surface area (Å²) in [4.78, 5) is 19.3. The number of benzene rings is 1. The Morgan fingerprint density at radius 3 is 2.75 bits per heavy atom. The fourth-order valence-electron chi connectivity index (χ4n) is 3.38. The first kappa shape index (κ1) is 20.7. The normalized spacial score (nSPS) is 15.4.